The van der Waals surface area contributed by atoms with Crippen LogP contribution in [0.1, 0.15) is 84.0 Å². The van der Waals surface area contributed by atoms with Gasteiger partial charge in [-0.15, -0.1) is 0 Å². The molecule has 0 bridgehead atoms. The van der Waals surface area contributed by atoms with Gasteiger partial charge in [-0.05, 0) is 6.42 Å². The third kappa shape index (κ3) is 16.9. The second kappa shape index (κ2) is 17.0. The predicted molar refractivity (Wildman–Crippen MR) is 95.2 cm³/mol. The van der Waals surface area contributed by atoms with Gasteiger partial charge in [0, 0.05) is 12.5 Å². The summed E-state index contributed by atoms with van der Waals surface area (Å²) in [5.41, 5.74) is 0. The summed E-state index contributed by atoms with van der Waals surface area (Å²) in [7, 11) is 0. The molecule has 0 atom stereocenters. The minimum atomic E-state index is -0.454. The van der Waals surface area contributed by atoms with E-state index in [1.54, 1.807) is 0 Å². The van der Waals surface area contributed by atoms with Gasteiger partial charge in [0.25, 0.3) is 0 Å². The van der Waals surface area contributed by atoms with E-state index in [1.807, 2.05) is 0 Å². The molecule has 0 unspecified atom stereocenters. The van der Waals surface area contributed by atoms with E-state index in [0.29, 0.717) is 13.0 Å². The molecule has 0 heterocycles. The Balaban J connectivity index is 3.20. The Morgan fingerprint density at radius 3 is 1.96 bits per heavy atom. The van der Waals surface area contributed by atoms with Crippen LogP contribution in [0.4, 0.5) is 0 Å². The zero-order valence-corrected chi connectivity index (χ0v) is 14.9. The zero-order valence-electron chi connectivity index (χ0n) is 14.9. The summed E-state index contributed by atoms with van der Waals surface area (Å²) in [5, 5.41) is 2.75. The van der Waals surface area contributed by atoms with Gasteiger partial charge in [0.1, 0.15) is 6.61 Å². The Bertz CT molecular complexity index is 316. The molecule has 0 saturated heterocycles. The predicted octanol–water partition coefficient (Wildman–Crippen LogP) is 4.53. The van der Waals surface area contributed by atoms with Crippen LogP contribution in [0.25, 0.3) is 0 Å². The van der Waals surface area contributed by atoms with Crippen molar-refractivity contribution in [3.05, 3.63) is 12.7 Å². The highest BCUT2D eigenvalue weighted by Gasteiger charge is 2.01. The molecule has 4 nitrogen and oxygen atoms in total. The highest BCUT2D eigenvalue weighted by atomic mass is 16.5. The van der Waals surface area contributed by atoms with Crippen molar-refractivity contribution < 1.29 is 14.3 Å². The number of hydrogen-bond acceptors (Lipinski definition) is 3. The van der Waals surface area contributed by atoms with Crippen LogP contribution in [-0.2, 0) is 14.3 Å². The van der Waals surface area contributed by atoms with Crippen molar-refractivity contribution in [2.75, 3.05) is 13.2 Å². The number of rotatable bonds is 16. The van der Waals surface area contributed by atoms with Crippen LogP contribution in [0.15, 0.2) is 12.7 Å². The van der Waals surface area contributed by atoms with Gasteiger partial charge in [-0.25, -0.2) is 4.79 Å². The first-order valence-corrected chi connectivity index (χ1v) is 9.26. The quantitative estimate of drug-likeness (QED) is 0.258. The molecule has 134 valence electrons. The van der Waals surface area contributed by atoms with Gasteiger partial charge in [-0.2, -0.15) is 0 Å². The summed E-state index contributed by atoms with van der Waals surface area (Å²) < 4.78 is 4.78. The van der Waals surface area contributed by atoms with Crippen molar-refractivity contribution in [2.45, 2.75) is 84.0 Å². The molecule has 0 aliphatic heterocycles. The van der Waals surface area contributed by atoms with Crippen molar-refractivity contribution in [1.82, 2.24) is 5.32 Å². The van der Waals surface area contributed by atoms with E-state index in [9.17, 15) is 9.59 Å². The Morgan fingerprint density at radius 2 is 1.43 bits per heavy atom. The monoisotopic (exact) mass is 325 g/mol. The van der Waals surface area contributed by atoms with Crippen molar-refractivity contribution in [1.29, 1.82) is 0 Å². The standard InChI is InChI=1S/C19H35NO3/c1-3-5-6-7-8-9-10-11-12-13-14-15-18(21)20-16-17-23-19(22)4-2/h4H,2-3,5-17H2,1H3,(H,20,21). The molecule has 0 aromatic heterocycles. The van der Waals surface area contributed by atoms with E-state index in [0.717, 1.165) is 18.9 Å². The molecule has 0 spiro atoms. The molecule has 0 radical (unpaired) electrons. The van der Waals surface area contributed by atoms with Gasteiger partial charge in [0.2, 0.25) is 5.91 Å². The van der Waals surface area contributed by atoms with E-state index in [4.69, 9.17) is 4.74 Å². The molecular weight excluding hydrogens is 290 g/mol. The molecule has 0 rings (SSSR count). The SMILES string of the molecule is C=CC(=O)OCCNC(=O)CCCCCCCCCCCCC. The summed E-state index contributed by atoms with van der Waals surface area (Å²) in [6.45, 7) is 6.13. The molecule has 0 saturated carbocycles. The Hall–Kier alpha value is -1.32. The number of unbranched alkanes of at least 4 members (excludes halogenated alkanes) is 10. The molecule has 4 heteroatoms. The van der Waals surface area contributed by atoms with Crippen molar-refractivity contribution in [3.63, 3.8) is 0 Å². The molecule has 0 aliphatic rings. The number of esters is 1. The highest BCUT2D eigenvalue weighted by molar-refractivity contribution is 5.81. The maximum absolute atomic E-state index is 11.5. The van der Waals surface area contributed by atoms with Crippen LogP contribution in [0.5, 0.6) is 0 Å². The largest absolute Gasteiger partial charge is 0.461 e. The van der Waals surface area contributed by atoms with E-state index >= 15 is 0 Å². The molecule has 23 heavy (non-hydrogen) atoms. The van der Waals surface area contributed by atoms with Crippen LogP contribution < -0.4 is 5.32 Å². The second-order valence-electron chi connectivity index (χ2n) is 6.01. The first kappa shape index (κ1) is 21.7. The lowest BCUT2D eigenvalue weighted by Gasteiger charge is -2.05. The van der Waals surface area contributed by atoms with Crippen molar-refractivity contribution >= 4 is 11.9 Å². The fourth-order valence-corrected chi connectivity index (χ4v) is 2.44. The maximum atomic E-state index is 11.5. The average molecular weight is 325 g/mol. The number of amides is 1. The minimum Gasteiger partial charge on any atom is -0.461 e. The first-order valence-electron chi connectivity index (χ1n) is 9.26. The molecule has 0 aromatic carbocycles. The third-order valence-corrected chi connectivity index (χ3v) is 3.84. The van der Waals surface area contributed by atoms with Gasteiger partial charge < -0.3 is 10.1 Å². The normalized spacial score (nSPS) is 10.3. The summed E-state index contributed by atoms with van der Waals surface area (Å²) in [6.07, 6.45) is 15.8. The third-order valence-electron chi connectivity index (χ3n) is 3.84. The van der Waals surface area contributed by atoms with Crippen molar-refractivity contribution in [2.24, 2.45) is 0 Å². The lowest BCUT2D eigenvalue weighted by Crippen LogP contribution is -2.27. The van der Waals surface area contributed by atoms with Gasteiger partial charge >= 0.3 is 5.97 Å². The lowest BCUT2D eigenvalue weighted by molar-refractivity contribution is -0.138. The van der Waals surface area contributed by atoms with E-state index in [2.05, 4.69) is 18.8 Å². The Morgan fingerprint density at radius 1 is 0.913 bits per heavy atom. The zero-order chi connectivity index (χ0) is 17.2. The molecular formula is C19H35NO3. The number of hydrogen-bond donors (Lipinski definition) is 1. The van der Waals surface area contributed by atoms with Crippen LogP contribution in [0.3, 0.4) is 0 Å². The summed E-state index contributed by atoms with van der Waals surface area (Å²) in [5.74, 6) is -0.416. The van der Waals surface area contributed by atoms with Crippen LogP contribution in [-0.4, -0.2) is 25.0 Å². The lowest BCUT2D eigenvalue weighted by atomic mass is 10.1. The number of nitrogens with one attached hydrogen (secondary N) is 1. The second-order valence-corrected chi connectivity index (χ2v) is 6.01. The summed E-state index contributed by atoms with van der Waals surface area (Å²) >= 11 is 0. The summed E-state index contributed by atoms with van der Waals surface area (Å²) in [6, 6.07) is 0. The molecule has 1 N–H and O–H groups in total. The molecule has 0 aliphatic carbocycles. The van der Waals surface area contributed by atoms with E-state index in [-0.39, 0.29) is 12.5 Å². The molecule has 0 aromatic rings. The van der Waals surface area contributed by atoms with Gasteiger partial charge in [-0.3, -0.25) is 4.79 Å². The molecule has 0 fully saturated rings. The topological polar surface area (TPSA) is 55.4 Å². The first-order chi connectivity index (χ1) is 11.2. The summed E-state index contributed by atoms with van der Waals surface area (Å²) in [4.78, 5) is 22.3. The number of carbonyl (C=O) groups is 2. The van der Waals surface area contributed by atoms with Gasteiger partial charge in [0.05, 0.1) is 6.54 Å². The highest BCUT2D eigenvalue weighted by Crippen LogP contribution is 2.11. The van der Waals surface area contributed by atoms with Crippen LogP contribution in [0.2, 0.25) is 0 Å². The fraction of sp³-hybridized carbons (Fsp3) is 0.789. The van der Waals surface area contributed by atoms with Crippen LogP contribution >= 0.6 is 0 Å². The maximum Gasteiger partial charge on any atom is 0.330 e. The van der Waals surface area contributed by atoms with Gasteiger partial charge in [0.15, 0.2) is 0 Å². The Kier molecular flexibility index (Phi) is 16.1. The van der Waals surface area contributed by atoms with E-state index in [1.165, 1.54) is 57.8 Å². The minimum absolute atomic E-state index is 0.0376. The fourth-order valence-electron chi connectivity index (χ4n) is 2.44. The van der Waals surface area contributed by atoms with Gasteiger partial charge in [-0.1, -0.05) is 77.7 Å². The Labute approximate surface area is 142 Å². The average Bonchev–Trinajstić information content (AvgIpc) is 2.56. The van der Waals surface area contributed by atoms with Crippen LogP contribution in [0, 0.1) is 0 Å². The van der Waals surface area contributed by atoms with E-state index < -0.39 is 5.97 Å². The van der Waals surface area contributed by atoms with Crippen molar-refractivity contribution in [3.8, 4) is 0 Å². The number of ether oxygens (including phenoxy) is 1. The smallest absolute Gasteiger partial charge is 0.330 e. The number of carbonyl (C=O) groups excluding carboxylic acids is 2. The molecule has 1 amide bonds.